The predicted octanol–water partition coefficient (Wildman–Crippen LogP) is 7.82. The zero-order valence-electron chi connectivity index (χ0n) is 21.5. The SMILES string of the molecule is CCCCC1(C)C=CC(C(=O)O)=C(CC(C)C)C1CC(CCC)COC(=O)Oc1ccccc1. The number of allylic oxidation sites excluding steroid dienone is 2. The van der Waals surface area contributed by atoms with Crippen LogP contribution in [0.3, 0.4) is 0 Å². The zero-order valence-corrected chi connectivity index (χ0v) is 21.5. The van der Waals surface area contributed by atoms with Gasteiger partial charge in [-0.15, -0.1) is 0 Å². The van der Waals surface area contributed by atoms with Gasteiger partial charge in [-0.3, -0.25) is 0 Å². The largest absolute Gasteiger partial charge is 0.513 e. The van der Waals surface area contributed by atoms with Crippen LogP contribution in [0.2, 0.25) is 0 Å². The summed E-state index contributed by atoms with van der Waals surface area (Å²) < 4.78 is 10.8. The van der Waals surface area contributed by atoms with Crippen molar-refractivity contribution in [3.63, 3.8) is 0 Å². The number of carbonyl (C=O) groups excluding carboxylic acids is 1. The summed E-state index contributed by atoms with van der Waals surface area (Å²) in [6, 6.07) is 8.90. The van der Waals surface area contributed by atoms with E-state index in [0.717, 1.165) is 50.5 Å². The van der Waals surface area contributed by atoms with Crippen molar-refractivity contribution in [1.82, 2.24) is 0 Å². The molecule has 5 heteroatoms. The molecule has 0 fully saturated rings. The van der Waals surface area contributed by atoms with Gasteiger partial charge in [0.05, 0.1) is 12.2 Å². The lowest BCUT2D eigenvalue weighted by Gasteiger charge is -2.42. The Labute approximate surface area is 205 Å². The molecule has 1 aromatic carbocycles. The molecule has 0 aliphatic heterocycles. The highest BCUT2D eigenvalue weighted by Crippen LogP contribution is 2.48. The number of carboxylic acids is 1. The van der Waals surface area contributed by atoms with Gasteiger partial charge in [-0.25, -0.2) is 9.59 Å². The summed E-state index contributed by atoms with van der Waals surface area (Å²) in [5, 5.41) is 9.94. The molecule has 0 saturated carbocycles. The van der Waals surface area contributed by atoms with Gasteiger partial charge in [0.2, 0.25) is 0 Å². The minimum atomic E-state index is -0.857. The molecule has 1 N–H and O–H groups in total. The van der Waals surface area contributed by atoms with Gasteiger partial charge in [0.1, 0.15) is 5.75 Å². The zero-order chi connectivity index (χ0) is 25.1. The number of carbonyl (C=O) groups is 2. The molecule has 34 heavy (non-hydrogen) atoms. The minimum Gasteiger partial charge on any atom is -0.478 e. The summed E-state index contributed by atoms with van der Waals surface area (Å²) in [5.41, 5.74) is 1.36. The number of aliphatic carboxylic acids is 1. The Kier molecular flexibility index (Phi) is 10.9. The Hall–Kier alpha value is -2.56. The van der Waals surface area contributed by atoms with Gasteiger partial charge in [-0.05, 0) is 61.0 Å². The summed E-state index contributed by atoms with van der Waals surface area (Å²) in [6.07, 6.45) is 9.85. The van der Waals surface area contributed by atoms with E-state index >= 15 is 0 Å². The van der Waals surface area contributed by atoms with E-state index in [4.69, 9.17) is 9.47 Å². The monoisotopic (exact) mass is 470 g/mol. The lowest BCUT2D eigenvalue weighted by atomic mass is 9.62. The van der Waals surface area contributed by atoms with Crippen LogP contribution in [0.4, 0.5) is 4.79 Å². The van der Waals surface area contributed by atoms with E-state index in [-0.39, 0.29) is 23.9 Å². The molecule has 5 nitrogen and oxygen atoms in total. The van der Waals surface area contributed by atoms with E-state index in [0.29, 0.717) is 17.2 Å². The van der Waals surface area contributed by atoms with Crippen LogP contribution >= 0.6 is 0 Å². The molecular formula is C29H42O5. The van der Waals surface area contributed by atoms with Gasteiger partial charge < -0.3 is 14.6 Å². The Morgan fingerprint density at radius 1 is 1.12 bits per heavy atom. The molecule has 0 radical (unpaired) electrons. The number of ether oxygens (including phenoxy) is 2. The number of para-hydroxylation sites is 1. The maximum atomic E-state index is 12.3. The van der Waals surface area contributed by atoms with Crippen LogP contribution in [-0.2, 0) is 9.53 Å². The number of carboxylic acid groups (broad SMARTS) is 1. The fourth-order valence-corrected chi connectivity index (χ4v) is 5.02. The van der Waals surface area contributed by atoms with Crippen molar-refractivity contribution >= 4 is 12.1 Å². The van der Waals surface area contributed by atoms with Gasteiger partial charge in [0, 0.05) is 0 Å². The van der Waals surface area contributed by atoms with E-state index in [1.807, 2.05) is 12.1 Å². The molecule has 0 amide bonds. The first-order chi connectivity index (χ1) is 16.2. The Balaban J connectivity index is 2.24. The maximum absolute atomic E-state index is 12.3. The van der Waals surface area contributed by atoms with Crippen molar-refractivity contribution in [2.24, 2.45) is 23.2 Å². The quantitative estimate of drug-likeness (QED) is 0.235. The maximum Gasteiger partial charge on any atom is 0.513 e. The highest BCUT2D eigenvalue weighted by molar-refractivity contribution is 5.91. The average molecular weight is 471 g/mol. The lowest BCUT2D eigenvalue weighted by Crippen LogP contribution is -2.34. The van der Waals surface area contributed by atoms with Gasteiger partial charge in [-0.1, -0.05) is 89.8 Å². The molecule has 0 heterocycles. The van der Waals surface area contributed by atoms with Crippen LogP contribution in [0.5, 0.6) is 5.75 Å². The number of hydrogen-bond donors (Lipinski definition) is 1. The van der Waals surface area contributed by atoms with Crippen molar-refractivity contribution in [3.8, 4) is 5.75 Å². The molecule has 1 aliphatic rings. The van der Waals surface area contributed by atoms with E-state index in [9.17, 15) is 14.7 Å². The molecule has 0 spiro atoms. The van der Waals surface area contributed by atoms with Gasteiger partial charge in [-0.2, -0.15) is 0 Å². The fourth-order valence-electron chi connectivity index (χ4n) is 5.02. The summed E-state index contributed by atoms with van der Waals surface area (Å²) in [4.78, 5) is 24.4. The van der Waals surface area contributed by atoms with Gasteiger partial charge in [0.15, 0.2) is 0 Å². The normalized spacial score (nSPS) is 20.9. The first kappa shape index (κ1) is 27.7. The van der Waals surface area contributed by atoms with Crippen LogP contribution in [-0.4, -0.2) is 23.8 Å². The Morgan fingerprint density at radius 3 is 2.41 bits per heavy atom. The lowest BCUT2D eigenvalue weighted by molar-refractivity contribution is -0.132. The average Bonchev–Trinajstić information content (AvgIpc) is 2.78. The highest BCUT2D eigenvalue weighted by atomic mass is 16.7. The van der Waals surface area contributed by atoms with Crippen molar-refractivity contribution < 1.29 is 24.2 Å². The molecule has 3 atom stereocenters. The number of unbranched alkanes of at least 4 members (excludes halogenated alkanes) is 1. The Bertz CT molecular complexity index is 855. The molecule has 0 aromatic heterocycles. The van der Waals surface area contributed by atoms with Crippen molar-refractivity contribution in [2.45, 2.75) is 79.6 Å². The first-order valence-electron chi connectivity index (χ1n) is 12.7. The highest BCUT2D eigenvalue weighted by Gasteiger charge is 2.40. The topological polar surface area (TPSA) is 72.8 Å². The standard InChI is InChI=1S/C29H42O5/c1-6-8-16-29(5)17-15-24(27(30)31)25(18-21(3)4)26(29)19-22(12-7-2)20-33-28(32)34-23-13-10-9-11-14-23/h9-11,13-15,17,21-22,26H,6-8,12,16,18-20H2,1-5H3,(H,30,31). The fraction of sp³-hybridized carbons (Fsp3) is 0.586. The van der Waals surface area contributed by atoms with Crippen LogP contribution < -0.4 is 4.74 Å². The van der Waals surface area contributed by atoms with Crippen LogP contribution in [0, 0.1) is 23.2 Å². The molecule has 1 aromatic rings. The van der Waals surface area contributed by atoms with Crippen LogP contribution in [0.25, 0.3) is 0 Å². The summed E-state index contributed by atoms with van der Waals surface area (Å²) >= 11 is 0. The number of hydrogen-bond acceptors (Lipinski definition) is 4. The van der Waals surface area contributed by atoms with Crippen LogP contribution in [0.15, 0.2) is 53.6 Å². The molecule has 0 saturated heterocycles. The van der Waals surface area contributed by atoms with E-state index in [2.05, 4.69) is 40.7 Å². The minimum absolute atomic E-state index is 0.0999. The van der Waals surface area contributed by atoms with Crippen molar-refractivity contribution in [3.05, 3.63) is 53.6 Å². The predicted molar refractivity (Wildman–Crippen MR) is 136 cm³/mol. The Morgan fingerprint density at radius 2 is 1.82 bits per heavy atom. The van der Waals surface area contributed by atoms with E-state index in [1.54, 1.807) is 24.3 Å². The van der Waals surface area contributed by atoms with E-state index in [1.165, 1.54) is 0 Å². The molecule has 3 unspecified atom stereocenters. The molecule has 2 rings (SSSR count). The van der Waals surface area contributed by atoms with Gasteiger partial charge in [0.25, 0.3) is 0 Å². The van der Waals surface area contributed by atoms with Crippen molar-refractivity contribution in [2.75, 3.05) is 6.61 Å². The van der Waals surface area contributed by atoms with E-state index < -0.39 is 12.1 Å². The smallest absolute Gasteiger partial charge is 0.478 e. The molecule has 1 aliphatic carbocycles. The van der Waals surface area contributed by atoms with Gasteiger partial charge >= 0.3 is 12.1 Å². The molecule has 0 bridgehead atoms. The second-order valence-electron chi connectivity index (χ2n) is 10.2. The summed E-state index contributed by atoms with van der Waals surface area (Å²) in [6.45, 7) is 11.1. The molecule has 188 valence electrons. The third kappa shape index (κ3) is 8.03. The third-order valence-corrected chi connectivity index (χ3v) is 6.77. The summed E-state index contributed by atoms with van der Waals surface area (Å²) in [5.74, 6) is 0.183. The van der Waals surface area contributed by atoms with Crippen molar-refractivity contribution in [1.29, 1.82) is 0 Å². The summed E-state index contributed by atoms with van der Waals surface area (Å²) in [7, 11) is 0. The first-order valence-corrected chi connectivity index (χ1v) is 12.7. The second-order valence-corrected chi connectivity index (χ2v) is 10.2. The van der Waals surface area contributed by atoms with Crippen LogP contribution in [0.1, 0.15) is 79.6 Å². The molecular weight excluding hydrogens is 428 g/mol. The number of benzene rings is 1. The third-order valence-electron chi connectivity index (χ3n) is 6.77. The second kappa shape index (κ2) is 13.4. The number of rotatable bonds is 13.